The molecule has 2 aliphatic rings. The fourth-order valence-electron chi connectivity index (χ4n) is 3.15. The van der Waals surface area contributed by atoms with Gasteiger partial charge < -0.3 is 10.0 Å². The summed E-state index contributed by atoms with van der Waals surface area (Å²) in [5.41, 5.74) is 0. The quantitative estimate of drug-likeness (QED) is 0.819. The summed E-state index contributed by atoms with van der Waals surface area (Å²) in [6.45, 7) is 7.39. The Balaban J connectivity index is 1.65. The molecule has 2 fully saturated rings. The van der Waals surface area contributed by atoms with Crippen LogP contribution in [0.2, 0.25) is 0 Å². The Hall–Kier alpha value is -0.570. The summed E-state index contributed by atoms with van der Waals surface area (Å²) < 4.78 is 0. The van der Waals surface area contributed by atoms with Crippen LogP contribution in [0.15, 0.2) is 0 Å². The van der Waals surface area contributed by atoms with Crippen molar-refractivity contribution in [3.63, 3.8) is 0 Å². The van der Waals surface area contributed by atoms with Gasteiger partial charge in [0.15, 0.2) is 0 Å². The third-order valence-electron chi connectivity index (χ3n) is 4.73. The molecular weight excluding hydrogens is 214 g/mol. The zero-order chi connectivity index (χ0) is 12.4. The van der Waals surface area contributed by atoms with E-state index >= 15 is 0 Å². The molecule has 0 aromatic carbocycles. The smallest absolute Gasteiger partial charge is 0.306 e. The van der Waals surface area contributed by atoms with Gasteiger partial charge in [0.1, 0.15) is 0 Å². The van der Waals surface area contributed by atoms with Crippen molar-refractivity contribution >= 4 is 5.97 Å². The van der Waals surface area contributed by atoms with Crippen molar-refractivity contribution in [2.24, 2.45) is 23.7 Å². The molecule has 1 unspecified atom stereocenters. The highest BCUT2D eigenvalue weighted by atomic mass is 16.4. The van der Waals surface area contributed by atoms with Crippen molar-refractivity contribution in [1.29, 1.82) is 0 Å². The molecule has 0 aromatic heterocycles. The van der Waals surface area contributed by atoms with Crippen molar-refractivity contribution in [3.05, 3.63) is 0 Å². The van der Waals surface area contributed by atoms with Gasteiger partial charge in [-0.1, -0.05) is 26.7 Å². The van der Waals surface area contributed by atoms with Crippen LogP contribution < -0.4 is 0 Å². The predicted molar refractivity (Wildman–Crippen MR) is 67.9 cm³/mol. The number of rotatable bonds is 4. The Kier molecular flexibility index (Phi) is 4.08. The molecule has 3 nitrogen and oxygen atoms in total. The van der Waals surface area contributed by atoms with E-state index in [1.54, 1.807) is 0 Å². The number of carboxylic acids is 1. The number of likely N-dealkylation sites (tertiary alicyclic amines) is 1. The molecule has 1 atom stereocenters. The summed E-state index contributed by atoms with van der Waals surface area (Å²) in [5, 5.41) is 8.94. The number of nitrogens with zero attached hydrogens (tertiary/aromatic N) is 1. The maximum atomic E-state index is 10.8. The van der Waals surface area contributed by atoms with E-state index in [-0.39, 0.29) is 5.92 Å². The number of carboxylic acid groups (broad SMARTS) is 1. The van der Waals surface area contributed by atoms with Gasteiger partial charge in [-0.3, -0.25) is 4.79 Å². The molecule has 1 N–H and O–H groups in total. The van der Waals surface area contributed by atoms with E-state index in [1.807, 2.05) is 6.92 Å². The first-order valence-corrected chi connectivity index (χ1v) is 7.01. The molecule has 2 rings (SSSR count). The molecule has 98 valence electrons. The topological polar surface area (TPSA) is 40.5 Å². The van der Waals surface area contributed by atoms with E-state index in [0.29, 0.717) is 5.92 Å². The van der Waals surface area contributed by atoms with E-state index in [1.165, 1.54) is 32.2 Å². The van der Waals surface area contributed by atoms with Crippen LogP contribution in [0.3, 0.4) is 0 Å². The summed E-state index contributed by atoms with van der Waals surface area (Å²) in [5.74, 6) is 1.36. The van der Waals surface area contributed by atoms with Crippen LogP contribution in [0.5, 0.6) is 0 Å². The molecule has 3 heteroatoms. The van der Waals surface area contributed by atoms with Crippen molar-refractivity contribution < 1.29 is 9.90 Å². The lowest BCUT2D eigenvalue weighted by Crippen LogP contribution is -2.52. The Morgan fingerprint density at radius 2 is 1.88 bits per heavy atom. The van der Waals surface area contributed by atoms with E-state index in [2.05, 4.69) is 11.8 Å². The normalized spacial score (nSPS) is 33.1. The van der Waals surface area contributed by atoms with Crippen molar-refractivity contribution in [1.82, 2.24) is 4.90 Å². The lowest BCUT2D eigenvalue weighted by molar-refractivity contribution is -0.145. The summed E-state index contributed by atoms with van der Waals surface area (Å²) in [6, 6.07) is 0. The monoisotopic (exact) mass is 239 g/mol. The minimum absolute atomic E-state index is 0.169. The number of hydrogen-bond acceptors (Lipinski definition) is 2. The molecule has 0 radical (unpaired) electrons. The van der Waals surface area contributed by atoms with Crippen molar-refractivity contribution in [3.8, 4) is 0 Å². The minimum atomic E-state index is -0.638. The summed E-state index contributed by atoms with van der Waals surface area (Å²) >= 11 is 0. The zero-order valence-corrected chi connectivity index (χ0v) is 11.1. The van der Waals surface area contributed by atoms with E-state index in [4.69, 9.17) is 5.11 Å². The van der Waals surface area contributed by atoms with E-state index in [9.17, 15) is 4.79 Å². The van der Waals surface area contributed by atoms with Gasteiger partial charge in [0.25, 0.3) is 0 Å². The maximum Gasteiger partial charge on any atom is 0.306 e. The predicted octanol–water partition coefficient (Wildman–Crippen LogP) is 2.47. The molecule has 1 saturated carbocycles. The van der Waals surface area contributed by atoms with Crippen molar-refractivity contribution in [2.45, 2.75) is 39.5 Å². The third-order valence-corrected chi connectivity index (χ3v) is 4.73. The average Bonchev–Trinajstić information content (AvgIpc) is 2.24. The first kappa shape index (κ1) is 12.9. The molecule has 1 heterocycles. The third kappa shape index (κ3) is 3.21. The minimum Gasteiger partial charge on any atom is -0.481 e. The number of aliphatic carboxylic acids is 1. The molecule has 1 aliphatic heterocycles. The molecule has 0 bridgehead atoms. The van der Waals surface area contributed by atoms with Gasteiger partial charge in [-0.2, -0.15) is 0 Å². The largest absolute Gasteiger partial charge is 0.481 e. The van der Waals surface area contributed by atoms with Gasteiger partial charge in [0, 0.05) is 19.6 Å². The highest BCUT2D eigenvalue weighted by molar-refractivity contribution is 5.70. The second kappa shape index (κ2) is 5.38. The molecule has 17 heavy (non-hydrogen) atoms. The van der Waals surface area contributed by atoms with Crippen LogP contribution in [-0.2, 0) is 4.79 Å². The number of carbonyl (C=O) groups is 1. The number of hydrogen-bond donors (Lipinski definition) is 1. The fraction of sp³-hybridized carbons (Fsp3) is 0.929. The molecule has 0 amide bonds. The van der Waals surface area contributed by atoms with Crippen LogP contribution in [0.1, 0.15) is 39.5 Å². The molecule has 1 aliphatic carbocycles. The second-order valence-electron chi connectivity index (χ2n) is 6.23. The van der Waals surface area contributed by atoms with Crippen LogP contribution >= 0.6 is 0 Å². The molecule has 0 aromatic rings. The fourth-order valence-corrected chi connectivity index (χ4v) is 3.15. The maximum absolute atomic E-state index is 10.8. The summed E-state index contributed by atoms with van der Waals surface area (Å²) in [6.07, 6.45) is 5.51. The van der Waals surface area contributed by atoms with Crippen LogP contribution in [0, 0.1) is 23.7 Å². The second-order valence-corrected chi connectivity index (χ2v) is 6.23. The van der Waals surface area contributed by atoms with Crippen LogP contribution in [0.25, 0.3) is 0 Å². The highest BCUT2D eigenvalue weighted by Gasteiger charge is 2.35. The van der Waals surface area contributed by atoms with Crippen molar-refractivity contribution in [2.75, 3.05) is 19.6 Å². The molecule has 0 spiro atoms. The van der Waals surface area contributed by atoms with Gasteiger partial charge in [0.2, 0.25) is 0 Å². The lowest BCUT2D eigenvalue weighted by Gasteiger charge is -2.43. The Bertz CT molecular complexity index is 265. The molecular formula is C14H25NO2. The first-order valence-electron chi connectivity index (χ1n) is 7.01. The van der Waals surface area contributed by atoms with Gasteiger partial charge in [-0.25, -0.2) is 0 Å². The average molecular weight is 239 g/mol. The summed E-state index contributed by atoms with van der Waals surface area (Å²) in [7, 11) is 0. The Labute approximate surface area is 104 Å². The van der Waals surface area contributed by atoms with Crippen LogP contribution in [-0.4, -0.2) is 35.6 Å². The Morgan fingerprint density at radius 3 is 2.41 bits per heavy atom. The van der Waals surface area contributed by atoms with Crippen LogP contribution in [0.4, 0.5) is 0 Å². The van der Waals surface area contributed by atoms with E-state index in [0.717, 1.165) is 24.9 Å². The standard InChI is InChI=1S/C14H25NO2/c1-10-3-5-12(6-4-10)7-15-8-13(9-15)11(2)14(16)17/h10-13H,3-9H2,1-2H3,(H,16,17). The van der Waals surface area contributed by atoms with Gasteiger partial charge in [-0.05, 0) is 30.6 Å². The lowest BCUT2D eigenvalue weighted by atomic mass is 9.81. The highest BCUT2D eigenvalue weighted by Crippen LogP contribution is 2.31. The van der Waals surface area contributed by atoms with E-state index < -0.39 is 5.97 Å². The summed E-state index contributed by atoms with van der Waals surface area (Å²) in [4.78, 5) is 13.3. The van der Waals surface area contributed by atoms with Gasteiger partial charge >= 0.3 is 5.97 Å². The Morgan fingerprint density at radius 1 is 1.29 bits per heavy atom. The zero-order valence-electron chi connectivity index (χ0n) is 11.1. The molecule has 1 saturated heterocycles. The SMILES string of the molecule is CC1CCC(CN2CC(C(C)C(=O)O)C2)CC1. The van der Waals surface area contributed by atoms with Gasteiger partial charge in [0.05, 0.1) is 5.92 Å². The van der Waals surface area contributed by atoms with Gasteiger partial charge in [-0.15, -0.1) is 0 Å². The first-order chi connectivity index (χ1) is 8.06.